The zero-order valence-electron chi connectivity index (χ0n) is 18.5. The monoisotopic (exact) mass is 460 g/mol. The molecule has 1 amide bonds. The number of ether oxygens (including phenoxy) is 3. The molecule has 0 bridgehead atoms. The number of hydrogen-bond acceptors (Lipinski definition) is 6. The van der Waals surface area contributed by atoms with Gasteiger partial charge in [-0.3, -0.25) is 4.79 Å². The summed E-state index contributed by atoms with van der Waals surface area (Å²) in [7, 11) is 1.06. The van der Waals surface area contributed by atoms with Crippen LogP contribution in [-0.4, -0.2) is 53.0 Å². The molecule has 0 radical (unpaired) electrons. The molecule has 1 aliphatic heterocycles. The fourth-order valence-electron chi connectivity index (χ4n) is 3.52. The highest BCUT2D eigenvalue weighted by Gasteiger charge is 2.25. The Balaban J connectivity index is 1.68. The van der Waals surface area contributed by atoms with Crippen molar-refractivity contribution in [3.63, 3.8) is 0 Å². The minimum atomic E-state index is -3.50. The number of anilines is 1. The SMILES string of the molecule is COc1cc(C=CC(=O)Nc2ccc(S(=O)(=O)N3CCCCC3)cc2)cc(OC)c1OC. The van der Waals surface area contributed by atoms with Gasteiger partial charge in [-0.05, 0) is 60.9 Å². The van der Waals surface area contributed by atoms with Gasteiger partial charge in [0.15, 0.2) is 11.5 Å². The van der Waals surface area contributed by atoms with Crippen molar-refractivity contribution in [2.24, 2.45) is 0 Å². The maximum Gasteiger partial charge on any atom is 0.248 e. The van der Waals surface area contributed by atoms with Gasteiger partial charge in [-0.15, -0.1) is 0 Å². The maximum absolute atomic E-state index is 12.7. The summed E-state index contributed by atoms with van der Waals surface area (Å²) in [5.74, 6) is 1.08. The molecule has 9 heteroatoms. The van der Waals surface area contributed by atoms with Crippen molar-refractivity contribution >= 4 is 27.7 Å². The van der Waals surface area contributed by atoms with Crippen molar-refractivity contribution in [3.8, 4) is 17.2 Å². The zero-order chi connectivity index (χ0) is 23.1. The van der Waals surface area contributed by atoms with E-state index in [2.05, 4.69) is 5.32 Å². The van der Waals surface area contributed by atoms with Gasteiger partial charge in [0.25, 0.3) is 0 Å². The fourth-order valence-corrected chi connectivity index (χ4v) is 5.04. The predicted octanol–water partition coefficient (Wildman–Crippen LogP) is 3.54. The van der Waals surface area contributed by atoms with Gasteiger partial charge in [0.2, 0.25) is 21.7 Å². The van der Waals surface area contributed by atoms with Gasteiger partial charge in [0, 0.05) is 24.9 Å². The molecule has 1 fully saturated rings. The number of rotatable bonds is 8. The largest absolute Gasteiger partial charge is 0.493 e. The van der Waals surface area contributed by atoms with Crippen LogP contribution < -0.4 is 19.5 Å². The molecule has 1 saturated heterocycles. The number of methoxy groups -OCH3 is 3. The van der Waals surface area contributed by atoms with Gasteiger partial charge in [-0.1, -0.05) is 6.42 Å². The first-order valence-electron chi connectivity index (χ1n) is 10.3. The van der Waals surface area contributed by atoms with Crippen LogP contribution in [0.4, 0.5) is 5.69 Å². The number of nitrogens with zero attached hydrogens (tertiary/aromatic N) is 1. The van der Waals surface area contributed by atoms with E-state index in [9.17, 15) is 13.2 Å². The number of benzene rings is 2. The van der Waals surface area contributed by atoms with Gasteiger partial charge in [-0.2, -0.15) is 4.31 Å². The summed E-state index contributed by atoms with van der Waals surface area (Å²) in [5.41, 5.74) is 1.19. The standard InChI is InChI=1S/C23H28N2O6S/c1-29-20-15-17(16-21(30-2)23(20)31-3)7-12-22(26)24-18-8-10-19(11-9-18)32(27,28)25-13-5-4-6-14-25/h7-12,15-16H,4-6,13-14H2,1-3H3,(H,24,26). The van der Waals surface area contributed by atoms with Crippen molar-refractivity contribution in [2.45, 2.75) is 24.2 Å². The molecular weight excluding hydrogens is 432 g/mol. The Morgan fingerprint density at radius 1 is 0.938 bits per heavy atom. The van der Waals surface area contributed by atoms with Crippen LogP contribution in [0.15, 0.2) is 47.4 Å². The molecule has 1 heterocycles. The predicted molar refractivity (Wildman–Crippen MR) is 123 cm³/mol. The highest BCUT2D eigenvalue weighted by atomic mass is 32.2. The lowest BCUT2D eigenvalue weighted by Gasteiger charge is -2.25. The van der Waals surface area contributed by atoms with Gasteiger partial charge < -0.3 is 19.5 Å². The normalized spacial score (nSPS) is 14.8. The van der Waals surface area contributed by atoms with E-state index in [0.717, 1.165) is 19.3 Å². The molecular formula is C23H28N2O6S. The Labute approximate surface area is 188 Å². The topological polar surface area (TPSA) is 94.2 Å². The third-order valence-corrected chi connectivity index (χ3v) is 7.10. The average molecular weight is 461 g/mol. The third kappa shape index (κ3) is 5.41. The highest BCUT2D eigenvalue weighted by Crippen LogP contribution is 2.38. The van der Waals surface area contributed by atoms with Gasteiger partial charge >= 0.3 is 0 Å². The number of sulfonamides is 1. The Morgan fingerprint density at radius 2 is 1.53 bits per heavy atom. The minimum Gasteiger partial charge on any atom is -0.493 e. The number of carbonyl (C=O) groups is 1. The van der Waals surface area contributed by atoms with Crippen LogP contribution in [0.25, 0.3) is 6.08 Å². The maximum atomic E-state index is 12.7. The average Bonchev–Trinajstić information content (AvgIpc) is 2.82. The molecule has 32 heavy (non-hydrogen) atoms. The fraction of sp³-hybridized carbons (Fsp3) is 0.348. The molecule has 8 nitrogen and oxygen atoms in total. The van der Waals surface area contributed by atoms with Crippen LogP contribution in [0.3, 0.4) is 0 Å². The summed E-state index contributed by atoms with van der Waals surface area (Å²) < 4.78 is 42.9. The molecule has 0 unspecified atom stereocenters. The molecule has 1 aliphatic rings. The Kier molecular flexibility index (Phi) is 7.76. The summed E-state index contributed by atoms with van der Waals surface area (Å²) in [5, 5.41) is 2.73. The van der Waals surface area contributed by atoms with E-state index in [1.54, 1.807) is 30.3 Å². The Morgan fingerprint density at radius 3 is 2.06 bits per heavy atom. The summed E-state index contributed by atoms with van der Waals surface area (Å²) in [4.78, 5) is 12.6. The molecule has 0 saturated carbocycles. The van der Waals surface area contributed by atoms with Crippen molar-refractivity contribution in [1.82, 2.24) is 4.31 Å². The highest BCUT2D eigenvalue weighted by molar-refractivity contribution is 7.89. The lowest BCUT2D eigenvalue weighted by atomic mass is 10.1. The molecule has 172 valence electrons. The van der Waals surface area contributed by atoms with E-state index in [0.29, 0.717) is 41.6 Å². The first-order chi connectivity index (χ1) is 15.4. The number of piperidine rings is 1. The molecule has 0 aromatic heterocycles. The molecule has 2 aromatic rings. The first-order valence-corrected chi connectivity index (χ1v) is 11.7. The second kappa shape index (κ2) is 10.5. The van der Waals surface area contributed by atoms with Crippen molar-refractivity contribution in [3.05, 3.63) is 48.0 Å². The third-order valence-electron chi connectivity index (χ3n) is 5.19. The van der Waals surface area contributed by atoms with E-state index >= 15 is 0 Å². The number of nitrogens with one attached hydrogen (secondary N) is 1. The van der Waals surface area contributed by atoms with E-state index < -0.39 is 10.0 Å². The molecule has 3 rings (SSSR count). The van der Waals surface area contributed by atoms with E-state index in [-0.39, 0.29) is 10.8 Å². The Bertz CT molecular complexity index is 1050. The summed E-state index contributed by atoms with van der Waals surface area (Å²) in [6.07, 6.45) is 5.81. The van der Waals surface area contributed by atoms with Crippen molar-refractivity contribution in [2.75, 3.05) is 39.7 Å². The number of amides is 1. The summed E-state index contributed by atoms with van der Waals surface area (Å²) >= 11 is 0. The Hall–Kier alpha value is -3.04. The van der Waals surface area contributed by atoms with E-state index in [1.807, 2.05) is 0 Å². The van der Waals surface area contributed by atoms with Crippen LogP contribution in [0.1, 0.15) is 24.8 Å². The van der Waals surface area contributed by atoms with Crippen LogP contribution >= 0.6 is 0 Å². The van der Waals surface area contributed by atoms with Crippen LogP contribution in [0.5, 0.6) is 17.2 Å². The molecule has 0 aliphatic carbocycles. The summed E-state index contributed by atoms with van der Waals surface area (Å²) in [6.45, 7) is 1.10. The lowest BCUT2D eigenvalue weighted by Crippen LogP contribution is -2.35. The van der Waals surface area contributed by atoms with Gasteiger partial charge in [0.05, 0.1) is 26.2 Å². The zero-order valence-corrected chi connectivity index (χ0v) is 19.3. The number of hydrogen-bond donors (Lipinski definition) is 1. The van der Waals surface area contributed by atoms with Gasteiger partial charge in [0.1, 0.15) is 0 Å². The molecule has 2 aromatic carbocycles. The summed E-state index contributed by atoms with van der Waals surface area (Å²) in [6, 6.07) is 9.66. The smallest absolute Gasteiger partial charge is 0.248 e. The van der Waals surface area contributed by atoms with Crippen molar-refractivity contribution < 1.29 is 27.4 Å². The van der Waals surface area contributed by atoms with E-state index in [4.69, 9.17) is 14.2 Å². The second-order valence-corrected chi connectivity index (χ2v) is 9.21. The van der Waals surface area contributed by atoms with Crippen LogP contribution in [0.2, 0.25) is 0 Å². The number of carbonyl (C=O) groups excluding carboxylic acids is 1. The van der Waals surface area contributed by atoms with Crippen LogP contribution in [-0.2, 0) is 14.8 Å². The molecule has 1 N–H and O–H groups in total. The minimum absolute atomic E-state index is 0.227. The van der Waals surface area contributed by atoms with E-state index in [1.165, 1.54) is 43.8 Å². The molecule has 0 spiro atoms. The van der Waals surface area contributed by atoms with Gasteiger partial charge in [-0.25, -0.2) is 8.42 Å². The quantitative estimate of drug-likeness (QED) is 0.606. The first kappa shape index (κ1) is 23.6. The van der Waals surface area contributed by atoms with Crippen molar-refractivity contribution in [1.29, 1.82) is 0 Å². The lowest BCUT2D eigenvalue weighted by molar-refractivity contribution is -0.111. The van der Waals surface area contributed by atoms with Crippen LogP contribution in [0, 0.1) is 0 Å². The molecule has 0 atom stereocenters. The second-order valence-electron chi connectivity index (χ2n) is 7.27.